The molecule has 0 radical (unpaired) electrons. The van der Waals surface area contributed by atoms with Crippen LogP contribution in [0.3, 0.4) is 0 Å². The number of carbonyl (C=O) groups is 1. The van der Waals surface area contributed by atoms with Gasteiger partial charge in [-0.15, -0.1) is 0 Å². The highest BCUT2D eigenvalue weighted by atomic mass is 16.8. The van der Waals surface area contributed by atoms with Crippen LogP contribution < -0.4 is 0 Å². The fourth-order valence-corrected chi connectivity index (χ4v) is 2.83. The van der Waals surface area contributed by atoms with Gasteiger partial charge in [-0.05, 0) is 18.8 Å². The maximum Gasteiger partial charge on any atom is 0.303 e. The summed E-state index contributed by atoms with van der Waals surface area (Å²) in [6.45, 7) is 0.894. The first kappa shape index (κ1) is 16.6. The molecule has 5 atom stereocenters. The number of rotatable bonds is 6. The molecule has 2 N–H and O–H groups in total. The van der Waals surface area contributed by atoms with Crippen LogP contribution in [0.4, 0.5) is 0 Å². The van der Waals surface area contributed by atoms with E-state index in [-0.39, 0.29) is 25.0 Å². The topological polar surface area (TPSA) is 94.5 Å². The lowest BCUT2D eigenvalue weighted by Crippen LogP contribution is -2.41. The number of aliphatic hydroxyl groups excluding tert-OH is 1. The second-order valence-corrected chi connectivity index (χ2v) is 5.60. The van der Waals surface area contributed by atoms with Crippen molar-refractivity contribution in [3.63, 3.8) is 0 Å². The summed E-state index contributed by atoms with van der Waals surface area (Å²) in [4.78, 5) is 10.9. The molecule has 2 aliphatic rings. The standard InChI is InChI=1S/C14H24O7/c1-18-13-6-10(15)7-14(21-13)20-8-11-9(5-12(16)17)3-2-4-19-11/h9-11,13-15H,2-8H2,1H3,(H,16,17)/t9-,10+,11?,13-,14+/m0/s1. The quantitative estimate of drug-likeness (QED) is 0.747. The number of carboxylic acid groups (broad SMARTS) is 1. The first-order valence-electron chi connectivity index (χ1n) is 7.39. The van der Waals surface area contributed by atoms with Crippen LogP contribution in [-0.2, 0) is 23.7 Å². The number of hydrogen-bond acceptors (Lipinski definition) is 6. The van der Waals surface area contributed by atoms with E-state index in [1.165, 1.54) is 7.11 Å². The third-order valence-corrected chi connectivity index (χ3v) is 3.96. The van der Waals surface area contributed by atoms with Gasteiger partial charge in [-0.25, -0.2) is 0 Å². The Kier molecular flexibility index (Phi) is 6.38. The van der Waals surface area contributed by atoms with Gasteiger partial charge in [0.2, 0.25) is 0 Å². The Morgan fingerprint density at radius 1 is 1.33 bits per heavy atom. The lowest BCUT2D eigenvalue weighted by Gasteiger charge is -2.35. The number of aliphatic hydroxyl groups is 1. The molecule has 2 aliphatic heterocycles. The van der Waals surface area contributed by atoms with Gasteiger partial charge in [0.15, 0.2) is 12.6 Å². The highest BCUT2D eigenvalue weighted by molar-refractivity contribution is 5.67. The third-order valence-electron chi connectivity index (χ3n) is 3.96. The van der Waals surface area contributed by atoms with Crippen molar-refractivity contribution in [2.45, 2.75) is 56.9 Å². The summed E-state index contributed by atoms with van der Waals surface area (Å²) < 4.78 is 21.9. The van der Waals surface area contributed by atoms with Crippen LogP contribution in [-0.4, -0.2) is 61.3 Å². The maximum atomic E-state index is 10.9. The van der Waals surface area contributed by atoms with Crippen LogP contribution >= 0.6 is 0 Å². The predicted octanol–water partition coefficient (Wildman–Crippen LogP) is 0.743. The van der Waals surface area contributed by atoms with Crippen molar-refractivity contribution in [3.05, 3.63) is 0 Å². The van der Waals surface area contributed by atoms with Gasteiger partial charge in [-0.2, -0.15) is 0 Å². The minimum atomic E-state index is -0.820. The lowest BCUT2D eigenvalue weighted by molar-refractivity contribution is -0.284. The van der Waals surface area contributed by atoms with Crippen LogP contribution in [0.15, 0.2) is 0 Å². The van der Waals surface area contributed by atoms with Gasteiger partial charge in [-0.1, -0.05) is 0 Å². The molecule has 2 heterocycles. The molecule has 0 aromatic carbocycles. The maximum absolute atomic E-state index is 10.9. The van der Waals surface area contributed by atoms with Gasteiger partial charge in [0.25, 0.3) is 0 Å². The van der Waals surface area contributed by atoms with E-state index < -0.39 is 24.7 Å². The third kappa shape index (κ3) is 5.19. The predicted molar refractivity (Wildman–Crippen MR) is 71.6 cm³/mol. The van der Waals surface area contributed by atoms with Gasteiger partial charge in [0.05, 0.1) is 25.2 Å². The van der Waals surface area contributed by atoms with E-state index in [1.54, 1.807) is 0 Å². The number of aliphatic carboxylic acids is 1. The van der Waals surface area contributed by atoms with E-state index in [2.05, 4.69) is 0 Å². The summed E-state index contributed by atoms with van der Waals surface area (Å²) in [7, 11) is 1.52. The molecule has 0 aliphatic carbocycles. The second kappa shape index (κ2) is 8.05. The van der Waals surface area contributed by atoms with Crippen molar-refractivity contribution in [1.29, 1.82) is 0 Å². The van der Waals surface area contributed by atoms with E-state index >= 15 is 0 Å². The Balaban J connectivity index is 1.81. The molecule has 0 bridgehead atoms. The van der Waals surface area contributed by atoms with Gasteiger partial charge < -0.3 is 29.2 Å². The second-order valence-electron chi connectivity index (χ2n) is 5.60. The van der Waals surface area contributed by atoms with Crippen molar-refractivity contribution < 1.29 is 34.0 Å². The van der Waals surface area contributed by atoms with Crippen molar-refractivity contribution >= 4 is 5.97 Å². The average Bonchev–Trinajstić information content (AvgIpc) is 2.45. The molecule has 7 heteroatoms. The number of carboxylic acids is 1. The summed E-state index contributed by atoms with van der Waals surface area (Å²) in [5.41, 5.74) is 0. The zero-order valence-electron chi connectivity index (χ0n) is 12.3. The molecule has 2 saturated heterocycles. The van der Waals surface area contributed by atoms with Crippen molar-refractivity contribution in [2.24, 2.45) is 5.92 Å². The summed E-state index contributed by atoms with van der Waals surface area (Å²) in [6.07, 6.45) is 0.829. The zero-order valence-corrected chi connectivity index (χ0v) is 12.3. The molecule has 2 fully saturated rings. The van der Waals surface area contributed by atoms with Gasteiger partial charge in [-0.3, -0.25) is 4.79 Å². The molecule has 0 saturated carbocycles. The number of hydrogen-bond donors (Lipinski definition) is 2. The highest BCUT2D eigenvalue weighted by Crippen LogP contribution is 2.26. The first-order valence-corrected chi connectivity index (χ1v) is 7.39. The molecule has 7 nitrogen and oxygen atoms in total. The Labute approximate surface area is 124 Å². The Morgan fingerprint density at radius 2 is 2.10 bits per heavy atom. The van der Waals surface area contributed by atoms with Crippen LogP contribution in [0.25, 0.3) is 0 Å². The van der Waals surface area contributed by atoms with E-state index in [0.717, 1.165) is 12.8 Å². The highest BCUT2D eigenvalue weighted by Gasteiger charge is 2.32. The number of methoxy groups -OCH3 is 1. The lowest BCUT2D eigenvalue weighted by atomic mass is 9.91. The summed E-state index contributed by atoms with van der Waals surface area (Å²) in [5.74, 6) is -0.859. The van der Waals surface area contributed by atoms with Crippen molar-refractivity contribution in [1.82, 2.24) is 0 Å². The molecular weight excluding hydrogens is 280 g/mol. The SMILES string of the molecule is CO[C@@H]1C[C@@H](O)C[C@H](OCC2OCCC[C@H]2CC(=O)O)O1. The summed E-state index contributed by atoms with van der Waals surface area (Å²) in [6, 6.07) is 0. The smallest absolute Gasteiger partial charge is 0.303 e. The van der Waals surface area contributed by atoms with E-state index in [0.29, 0.717) is 19.4 Å². The van der Waals surface area contributed by atoms with Gasteiger partial charge in [0, 0.05) is 26.6 Å². The van der Waals surface area contributed by atoms with E-state index in [9.17, 15) is 9.90 Å². The van der Waals surface area contributed by atoms with Crippen LogP contribution in [0.2, 0.25) is 0 Å². The van der Waals surface area contributed by atoms with Crippen LogP contribution in [0.1, 0.15) is 32.1 Å². The normalized spacial score (nSPS) is 37.3. The Bertz CT molecular complexity index is 335. The Hall–Kier alpha value is -0.730. The molecule has 2 rings (SSSR count). The molecule has 122 valence electrons. The molecule has 21 heavy (non-hydrogen) atoms. The van der Waals surface area contributed by atoms with E-state index in [4.69, 9.17) is 24.1 Å². The first-order chi connectivity index (χ1) is 10.1. The molecular formula is C14H24O7. The fraction of sp³-hybridized carbons (Fsp3) is 0.929. The molecule has 1 unspecified atom stereocenters. The molecule has 0 aromatic rings. The van der Waals surface area contributed by atoms with Gasteiger partial charge in [0.1, 0.15) is 0 Å². The summed E-state index contributed by atoms with van der Waals surface area (Å²) in [5, 5.41) is 18.7. The minimum absolute atomic E-state index is 0.0389. The molecule has 0 aromatic heterocycles. The zero-order chi connectivity index (χ0) is 15.2. The minimum Gasteiger partial charge on any atom is -0.481 e. The molecule has 0 spiro atoms. The van der Waals surface area contributed by atoms with Crippen molar-refractivity contribution in [2.75, 3.05) is 20.3 Å². The monoisotopic (exact) mass is 304 g/mol. The average molecular weight is 304 g/mol. The number of ether oxygens (including phenoxy) is 4. The molecule has 0 amide bonds. The Morgan fingerprint density at radius 3 is 2.81 bits per heavy atom. The summed E-state index contributed by atoms with van der Waals surface area (Å²) >= 11 is 0. The van der Waals surface area contributed by atoms with Crippen molar-refractivity contribution in [3.8, 4) is 0 Å². The fourth-order valence-electron chi connectivity index (χ4n) is 2.83. The van der Waals surface area contributed by atoms with Crippen LogP contribution in [0, 0.1) is 5.92 Å². The van der Waals surface area contributed by atoms with Gasteiger partial charge >= 0.3 is 5.97 Å². The van der Waals surface area contributed by atoms with E-state index in [1.807, 2.05) is 0 Å². The van der Waals surface area contributed by atoms with Crippen LogP contribution in [0.5, 0.6) is 0 Å². The largest absolute Gasteiger partial charge is 0.481 e.